The van der Waals surface area contributed by atoms with Gasteiger partial charge < -0.3 is 10.6 Å². The minimum atomic E-state index is -3.07. The minimum Gasteiger partial charge on any atom is -0.316 e. The first-order valence-corrected chi connectivity index (χ1v) is 8.00. The summed E-state index contributed by atoms with van der Waals surface area (Å²) in [7, 11) is -3.07. The lowest BCUT2D eigenvalue weighted by Gasteiger charge is -2.27. The van der Waals surface area contributed by atoms with Crippen molar-refractivity contribution in [2.45, 2.75) is 18.4 Å². The largest absolute Gasteiger partial charge is 0.316 e. The Morgan fingerprint density at radius 3 is 2.44 bits per heavy atom. The van der Waals surface area contributed by atoms with E-state index in [0.29, 0.717) is 4.90 Å². The van der Waals surface area contributed by atoms with Gasteiger partial charge in [0, 0.05) is 26.2 Å². The molecule has 1 saturated heterocycles. The number of hydrogen-bond donors (Lipinski definition) is 2. The van der Waals surface area contributed by atoms with Crippen molar-refractivity contribution in [3.8, 4) is 0 Å². The molecule has 1 aliphatic heterocycles. The summed E-state index contributed by atoms with van der Waals surface area (Å²) in [5, 5.41) is 6.62. The van der Waals surface area contributed by atoms with Gasteiger partial charge >= 0.3 is 0 Å². The molecule has 1 aromatic carbocycles. The van der Waals surface area contributed by atoms with Crippen LogP contribution in [-0.4, -0.2) is 33.8 Å². The highest BCUT2D eigenvalue weighted by Crippen LogP contribution is 2.12. The maximum Gasteiger partial charge on any atom is 0.178 e. The molecule has 18 heavy (non-hydrogen) atoms. The van der Waals surface area contributed by atoms with Crippen molar-refractivity contribution in [2.24, 2.45) is 5.92 Å². The van der Waals surface area contributed by atoms with Crippen LogP contribution < -0.4 is 10.6 Å². The van der Waals surface area contributed by atoms with Crippen molar-refractivity contribution in [3.63, 3.8) is 0 Å². The zero-order valence-corrected chi connectivity index (χ0v) is 11.5. The molecular weight excluding hydrogens is 248 g/mol. The van der Waals surface area contributed by atoms with Gasteiger partial charge in [0.15, 0.2) is 9.84 Å². The molecule has 2 N–H and O–H groups in total. The smallest absolute Gasteiger partial charge is 0.178 e. The molecule has 0 atom stereocenters. The molecule has 0 radical (unpaired) electrons. The summed E-state index contributed by atoms with van der Waals surface area (Å²) in [6.45, 7) is 5.67. The Bertz CT molecular complexity index is 478. The van der Waals surface area contributed by atoms with Crippen molar-refractivity contribution < 1.29 is 8.42 Å². The first-order valence-electron chi connectivity index (χ1n) is 6.35. The van der Waals surface area contributed by atoms with E-state index in [1.54, 1.807) is 19.1 Å². The normalized spacial score (nSPS) is 16.5. The van der Waals surface area contributed by atoms with Crippen molar-refractivity contribution in [1.29, 1.82) is 0 Å². The van der Waals surface area contributed by atoms with Crippen LogP contribution in [0.15, 0.2) is 29.2 Å². The Kier molecular flexibility index (Phi) is 4.37. The maximum atomic E-state index is 11.6. The summed E-state index contributed by atoms with van der Waals surface area (Å²) in [6, 6.07) is 7.16. The van der Waals surface area contributed by atoms with Crippen molar-refractivity contribution >= 4 is 9.84 Å². The molecule has 1 aliphatic rings. The second-order valence-corrected chi connectivity index (χ2v) is 6.98. The molecule has 0 unspecified atom stereocenters. The summed E-state index contributed by atoms with van der Waals surface area (Å²) in [5.41, 5.74) is 1.12. The maximum absolute atomic E-state index is 11.6. The fraction of sp³-hybridized carbons (Fsp3) is 0.538. The third kappa shape index (κ3) is 3.31. The van der Waals surface area contributed by atoms with Gasteiger partial charge in [0.05, 0.1) is 10.6 Å². The van der Waals surface area contributed by atoms with Crippen molar-refractivity contribution in [2.75, 3.05) is 25.4 Å². The summed E-state index contributed by atoms with van der Waals surface area (Å²) >= 11 is 0. The SMILES string of the molecule is CCS(=O)(=O)c1ccc(CNCC2CNC2)cc1. The molecule has 100 valence electrons. The molecule has 0 amide bonds. The second kappa shape index (κ2) is 5.82. The number of rotatable bonds is 6. The predicted octanol–water partition coefficient (Wildman–Crippen LogP) is 0.789. The lowest BCUT2D eigenvalue weighted by Crippen LogP contribution is -2.47. The molecule has 4 nitrogen and oxygen atoms in total. The van der Waals surface area contributed by atoms with E-state index in [1.165, 1.54) is 0 Å². The van der Waals surface area contributed by atoms with E-state index in [9.17, 15) is 8.42 Å². The topological polar surface area (TPSA) is 58.2 Å². The molecule has 1 heterocycles. The molecule has 0 saturated carbocycles. The Labute approximate surface area is 109 Å². The summed E-state index contributed by atoms with van der Waals surface area (Å²) in [5.74, 6) is 0.893. The Morgan fingerprint density at radius 2 is 1.94 bits per heavy atom. The molecule has 0 aromatic heterocycles. The van der Waals surface area contributed by atoms with E-state index < -0.39 is 9.84 Å². The highest BCUT2D eigenvalue weighted by atomic mass is 32.2. The molecule has 1 aromatic rings. The van der Waals surface area contributed by atoms with Crippen LogP contribution in [0.1, 0.15) is 12.5 Å². The first-order chi connectivity index (χ1) is 8.62. The highest BCUT2D eigenvalue weighted by molar-refractivity contribution is 7.91. The van der Waals surface area contributed by atoms with E-state index in [0.717, 1.165) is 37.7 Å². The number of hydrogen-bond acceptors (Lipinski definition) is 4. The summed E-state index contributed by atoms with van der Waals surface area (Å²) in [4.78, 5) is 0.414. The van der Waals surface area contributed by atoms with Crippen LogP contribution in [0.4, 0.5) is 0 Å². The standard InChI is InChI=1S/C13H20N2O2S/c1-2-18(16,17)13-5-3-11(4-6-13)7-14-8-12-9-15-10-12/h3-6,12,14-15H,2,7-10H2,1H3. The van der Waals surface area contributed by atoms with Crippen LogP contribution in [0.2, 0.25) is 0 Å². The highest BCUT2D eigenvalue weighted by Gasteiger charge is 2.15. The average molecular weight is 268 g/mol. The van der Waals surface area contributed by atoms with Gasteiger partial charge in [0.2, 0.25) is 0 Å². The van der Waals surface area contributed by atoms with E-state index in [1.807, 2.05) is 12.1 Å². The fourth-order valence-electron chi connectivity index (χ4n) is 1.89. The van der Waals surface area contributed by atoms with Crippen LogP contribution in [-0.2, 0) is 16.4 Å². The number of benzene rings is 1. The van der Waals surface area contributed by atoms with Crippen molar-refractivity contribution in [1.82, 2.24) is 10.6 Å². The summed E-state index contributed by atoms with van der Waals surface area (Å²) in [6.07, 6.45) is 0. The lowest BCUT2D eigenvalue weighted by atomic mass is 10.0. The monoisotopic (exact) mass is 268 g/mol. The molecule has 0 spiro atoms. The van der Waals surface area contributed by atoms with Gasteiger partial charge in [-0.15, -0.1) is 0 Å². The van der Waals surface area contributed by atoms with Crippen molar-refractivity contribution in [3.05, 3.63) is 29.8 Å². The predicted molar refractivity (Wildman–Crippen MR) is 72.2 cm³/mol. The van der Waals surface area contributed by atoms with E-state index in [2.05, 4.69) is 10.6 Å². The van der Waals surface area contributed by atoms with E-state index >= 15 is 0 Å². The van der Waals surface area contributed by atoms with Gasteiger partial charge in [0.25, 0.3) is 0 Å². The third-order valence-electron chi connectivity index (χ3n) is 3.29. The molecule has 2 rings (SSSR count). The first kappa shape index (κ1) is 13.5. The molecule has 5 heteroatoms. The number of sulfone groups is 1. The van der Waals surface area contributed by atoms with Gasteiger partial charge in [-0.1, -0.05) is 19.1 Å². The third-order valence-corrected chi connectivity index (χ3v) is 5.04. The number of nitrogens with one attached hydrogen (secondary N) is 2. The van der Waals surface area contributed by atoms with Crippen LogP contribution in [0.25, 0.3) is 0 Å². The summed E-state index contributed by atoms with van der Waals surface area (Å²) < 4.78 is 23.3. The molecular formula is C13H20N2O2S. The average Bonchev–Trinajstić information content (AvgIpc) is 2.33. The molecule has 1 fully saturated rings. The van der Waals surface area contributed by atoms with E-state index in [4.69, 9.17) is 0 Å². The van der Waals surface area contributed by atoms with Gasteiger partial charge in [0.1, 0.15) is 0 Å². The van der Waals surface area contributed by atoms with Crippen LogP contribution >= 0.6 is 0 Å². The fourth-order valence-corrected chi connectivity index (χ4v) is 2.78. The second-order valence-electron chi connectivity index (χ2n) is 4.70. The zero-order chi connectivity index (χ0) is 13.0. The quantitative estimate of drug-likeness (QED) is 0.801. The molecule has 0 bridgehead atoms. The Balaban J connectivity index is 1.87. The van der Waals surface area contributed by atoms with Gasteiger partial charge in [-0.3, -0.25) is 0 Å². The minimum absolute atomic E-state index is 0.152. The van der Waals surface area contributed by atoms with Crippen LogP contribution in [0.3, 0.4) is 0 Å². The zero-order valence-electron chi connectivity index (χ0n) is 10.6. The Hall–Kier alpha value is -0.910. The van der Waals surface area contributed by atoms with Crippen LogP contribution in [0, 0.1) is 5.92 Å². The van der Waals surface area contributed by atoms with Gasteiger partial charge in [-0.2, -0.15) is 0 Å². The molecule has 0 aliphatic carbocycles. The Morgan fingerprint density at radius 1 is 1.28 bits per heavy atom. The van der Waals surface area contributed by atoms with E-state index in [-0.39, 0.29) is 5.75 Å². The lowest BCUT2D eigenvalue weighted by molar-refractivity contribution is 0.331. The van der Waals surface area contributed by atoms with Gasteiger partial charge in [-0.25, -0.2) is 8.42 Å². The van der Waals surface area contributed by atoms with Gasteiger partial charge in [-0.05, 0) is 23.6 Å². The van der Waals surface area contributed by atoms with Crippen LogP contribution in [0.5, 0.6) is 0 Å².